The van der Waals surface area contributed by atoms with E-state index < -0.39 is 5.54 Å². The molecule has 1 aromatic rings. The minimum absolute atomic E-state index is 0.159. The summed E-state index contributed by atoms with van der Waals surface area (Å²) >= 11 is 6.00. The molecule has 4 heteroatoms. The molecule has 0 saturated carbocycles. The van der Waals surface area contributed by atoms with Gasteiger partial charge >= 0.3 is 0 Å². The average Bonchev–Trinajstić information content (AvgIpc) is 2.33. The van der Waals surface area contributed by atoms with Crippen LogP contribution in [0.2, 0.25) is 5.02 Å². The van der Waals surface area contributed by atoms with Crippen molar-refractivity contribution in [1.29, 1.82) is 0 Å². The van der Waals surface area contributed by atoms with Crippen molar-refractivity contribution < 1.29 is 4.79 Å². The summed E-state index contributed by atoms with van der Waals surface area (Å²) < 4.78 is 0. The van der Waals surface area contributed by atoms with Crippen molar-refractivity contribution in [1.82, 2.24) is 0 Å². The van der Waals surface area contributed by atoms with E-state index in [4.69, 9.17) is 17.3 Å². The molecular formula is C13H19ClN2O. The Labute approximate surface area is 107 Å². The van der Waals surface area contributed by atoms with Gasteiger partial charge in [0.25, 0.3) is 0 Å². The largest absolute Gasteiger partial charge is 0.324 e. The lowest BCUT2D eigenvalue weighted by atomic mass is 9.93. The number of nitrogens with one attached hydrogen (secondary N) is 1. The molecule has 1 aromatic carbocycles. The first-order valence-electron chi connectivity index (χ1n) is 5.80. The topological polar surface area (TPSA) is 55.1 Å². The summed E-state index contributed by atoms with van der Waals surface area (Å²) in [6.07, 6.45) is 1.21. The molecule has 0 aliphatic carbocycles. The lowest BCUT2D eigenvalue weighted by Gasteiger charge is -2.25. The lowest BCUT2D eigenvalue weighted by molar-refractivity contribution is -0.121. The number of hydrogen-bond acceptors (Lipinski definition) is 2. The fourth-order valence-corrected chi connectivity index (χ4v) is 1.74. The van der Waals surface area contributed by atoms with Gasteiger partial charge < -0.3 is 11.1 Å². The van der Waals surface area contributed by atoms with E-state index in [1.807, 2.05) is 26.8 Å². The monoisotopic (exact) mass is 254 g/mol. The van der Waals surface area contributed by atoms with Crippen LogP contribution in [-0.4, -0.2) is 11.4 Å². The summed E-state index contributed by atoms with van der Waals surface area (Å²) in [6, 6.07) is 5.42. The van der Waals surface area contributed by atoms with Gasteiger partial charge in [-0.25, -0.2) is 0 Å². The van der Waals surface area contributed by atoms with Crippen molar-refractivity contribution in [2.24, 2.45) is 5.73 Å². The SMILES string of the molecule is CCC(N)(CC)C(=O)Nc1cccc(Cl)c1C. The Morgan fingerprint density at radius 2 is 2.00 bits per heavy atom. The first-order valence-corrected chi connectivity index (χ1v) is 6.18. The van der Waals surface area contributed by atoms with Crippen LogP contribution in [-0.2, 0) is 4.79 Å². The standard InChI is InChI=1S/C13H19ClN2O/c1-4-13(15,5-2)12(17)16-11-8-6-7-10(14)9(11)3/h6-8H,4-5,15H2,1-3H3,(H,16,17). The fourth-order valence-electron chi connectivity index (χ4n) is 1.56. The van der Waals surface area contributed by atoms with Gasteiger partial charge in [-0.3, -0.25) is 4.79 Å². The van der Waals surface area contributed by atoms with Gasteiger partial charge in [0.05, 0.1) is 5.54 Å². The summed E-state index contributed by atoms with van der Waals surface area (Å²) in [6.45, 7) is 5.69. The maximum Gasteiger partial charge on any atom is 0.244 e. The van der Waals surface area contributed by atoms with Crippen LogP contribution >= 0.6 is 11.6 Å². The Hall–Kier alpha value is -1.06. The van der Waals surface area contributed by atoms with Crippen LogP contribution in [0, 0.1) is 6.92 Å². The van der Waals surface area contributed by atoms with Crippen LogP contribution < -0.4 is 11.1 Å². The fraction of sp³-hybridized carbons (Fsp3) is 0.462. The second kappa shape index (κ2) is 5.52. The molecular weight excluding hydrogens is 236 g/mol. The minimum atomic E-state index is -0.811. The van der Waals surface area contributed by atoms with Crippen molar-refractivity contribution in [3.8, 4) is 0 Å². The smallest absolute Gasteiger partial charge is 0.244 e. The second-order valence-electron chi connectivity index (χ2n) is 4.23. The van der Waals surface area contributed by atoms with E-state index in [2.05, 4.69) is 5.32 Å². The first-order chi connectivity index (χ1) is 7.94. The van der Waals surface area contributed by atoms with Crippen LogP contribution in [0.3, 0.4) is 0 Å². The van der Waals surface area contributed by atoms with Crippen molar-refractivity contribution in [3.63, 3.8) is 0 Å². The molecule has 94 valence electrons. The molecule has 0 fully saturated rings. The van der Waals surface area contributed by atoms with Gasteiger partial charge in [0, 0.05) is 10.7 Å². The van der Waals surface area contributed by atoms with Gasteiger partial charge in [-0.2, -0.15) is 0 Å². The summed E-state index contributed by atoms with van der Waals surface area (Å²) in [5.74, 6) is -0.159. The summed E-state index contributed by atoms with van der Waals surface area (Å²) in [5.41, 5.74) is 6.80. The van der Waals surface area contributed by atoms with Crippen molar-refractivity contribution in [3.05, 3.63) is 28.8 Å². The van der Waals surface area contributed by atoms with E-state index in [0.717, 1.165) is 11.3 Å². The molecule has 0 aromatic heterocycles. The number of carbonyl (C=O) groups is 1. The van der Waals surface area contributed by atoms with Crippen LogP contribution in [0.15, 0.2) is 18.2 Å². The minimum Gasteiger partial charge on any atom is -0.324 e. The quantitative estimate of drug-likeness (QED) is 0.868. The molecule has 0 saturated heterocycles. The Bertz CT molecular complexity index is 414. The van der Waals surface area contributed by atoms with E-state index in [-0.39, 0.29) is 5.91 Å². The zero-order chi connectivity index (χ0) is 13.1. The third-order valence-corrected chi connectivity index (χ3v) is 3.64. The molecule has 0 unspecified atom stereocenters. The third kappa shape index (κ3) is 2.99. The highest BCUT2D eigenvalue weighted by Crippen LogP contribution is 2.24. The number of hydrogen-bond donors (Lipinski definition) is 2. The molecule has 0 aliphatic rings. The number of nitrogens with two attached hydrogens (primary N) is 1. The highest BCUT2D eigenvalue weighted by molar-refractivity contribution is 6.31. The highest BCUT2D eigenvalue weighted by Gasteiger charge is 2.30. The number of anilines is 1. The average molecular weight is 255 g/mol. The Morgan fingerprint density at radius 1 is 1.41 bits per heavy atom. The number of rotatable bonds is 4. The van der Waals surface area contributed by atoms with E-state index in [9.17, 15) is 4.79 Å². The second-order valence-corrected chi connectivity index (χ2v) is 4.64. The molecule has 0 radical (unpaired) electrons. The normalized spacial score (nSPS) is 11.4. The molecule has 0 atom stereocenters. The molecule has 0 bridgehead atoms. The van der Waals surface area contributed by atoms with Gasteiger partial charge in [0.2, 0.25) is 5.91 Å². The van der Waals surface area contributed by atoms with E-state index in [1.165, 1.54) is 0 Å². The Kier molecular flexibility index (Phi) is 4.54. The molecule has 3 N–H and O–H groups in total. The van der Waals surface area contributed by atoms with E-state index in [1.54, 1.807) is 12.1 Å². The maximum absolute atomic E-state index is 12.1. The molecule has 0 spiro atoms. The van der Waals surface area contributed by atoms with Gasteiger partial charge in [0.15, 0.2) is 0 Å². The number of carbonyl (C=O) groups excluding carboxylic acids is 1. The molecule has 3 nitrogen and oxygen atoms in total. The summed E-state index contributed by atoms with van der Waals surface area (Å²) in [4.78, 5) is 12.1. The summed E-state index contributed by atoms with van der Waals surface area (Å²) in [5, 5.41) is 3.48. The van der Waals surface area contributed by atoms with Gasteiger partial charge in [-0.05, 0) is 37.5 Å². The lowest BCUT2D eigenvalue weighted by Crippen LogP contribution is -2.50. The Morgan fingerprint density at radius 3 is 2.53 bits per heavy atom. The number of halogens is 1. The zero-order valence-electron chi connectivity index (χ0n) is 10.5. The van der Waals surface area contributed by atoms with Gasteiger partial charge in [-0.1, -0.05) is 31.5 Å². The van der Waals surface area contributed by atoms with Crippen LogP contribution in [0.1, 0.15) is 32.3 Å². The molecule has 0 heterocycles. The van der Waals surface area contributed by atoms with Crippen molar-refractivity contribution in [2.45, 2.75) is 39.2 Å². The molecule has 1 amide bonds. The highest BCUT2D eigenvalue weighted by atomic mass is 35.5. The predicted molar refractivity (Wildman–Crippen MR) is 72.3 cm³/mol. The van der Waals surface area contributed by atoms with Crippen molar-refractivity contribution in [2.75, 3.05) is 5.32 Å². The van der Waals surface area contributed by atoms with Crippen LogP contribution in [0.25, 0.3) is 0 Å². The Balaban J connectivity index is 2.92. The molecule has 1 rings (SSSR count). The summed E-state index contributed by atoms with van der Waals surface area (Å²) in [7, 11) is 0. The zero-order valence-corrected chi connectivity index (χ0v) is 11.3. The van der Waals surface area contributed by atoms with Crippen LogP contribution in [0.5, 0.6) is 0 Å². The maximum atomic E-state index is 12.1. The molecule has 0 aliphatic heterocycles. The van der Waals surface area contributed by atoms with Gasteiger partial charge in [0.1, 0.15) is 0 Å². The first kappa shape index (κ1) is 14.0. The predicted octanol–water partition coefficient (Wildman–Crippen LogP) is 3.10. The third-order valence-electron chi connectivity index (χ3n) is 3.23. The molecule has 17 heavy (non-hydrogen) atoms. The van der Waals surface area contributed by atoms with Crippen LogP contribution in [0.4, 0.5) is 5.69 Å². The van der Waals surface area contributed by atoms with E-state index >= 15 is 0 Å². The van der Waals surface area contributed by atoms with E-state index in [0.29, 0.717) is 17.9 Å². The number of amides is 1. The van der Waals surface area contributed by atoms with Crippen molar-refractivity contribution >= 4 is 23.2 Å². The number of benzene rings is 1. The van der Waals surface area contributed by atoms with Gasteiger partial charge in [-0.15, -0.1) is 0 Å².